The number of nitrogens with zero attached hydrogens (tertiary/aromatic N) is 3. The summed E-state index contributed by atoms with van der Waals surface area (Å²) in [5, 5.41) is 10.5. The standard InChI is InChI=1S/C22H30N6O2S/c29-18(23-14-15-8-3-1-4-9-15)16-10-7-13-28(16)22-24-17-19(30)25-21(26-20(17)31-22)27-11-5-2-6-12-27/h1,3-4,8-9,16-17,20-21,26H,2,5-7,10-14H2,(H,23,29)(H,25,30)/t16-,17?,20?,21?/m1/s1. The van der Waals surface area contributed by atoms with Crippen molar-refractivity contribution in [2.24, 2.45) is 4.99 Å². The second kappa shape index (κ2) is 9.18. The third-order valence-corrected chi connectivity index (χ3v) is 7.70. The minimum atomic E-state index is -0.435. The largest absolute Gasteiger partial charge is 0.350 e. The fourth-order valence-corrected chi connectivity index (χ4v) is 6.09. The summed E-state index contributed by atoms with van der Waals surface area (Å²) >= 11 is 1.60. The van der Waals surface area contributed by atoms with Crippen LogP contribution in [0.15, 0.2) is 35.3 Å². The Hall–Kier alpha value is -2.10. The molecule has 0 aromatic heterocycles. The molecule has 8 nitrogen and oxygen atoms in total. The van der Waals surface area contributed by atoms with E-state index in [0.717, 1.165) is 43.2 Å². The molecule has 4 aliphatic heterocycles. The van der Waals surface area contributed by atoms with Gasteiger partial charge in [0.25, 0.3) is 0 Å². The Morgan fingerprint density at radius 2 is 1.94 bits per heavy atom. The maximum absolute atomic E-state index is 12.9. The summed E-state index contributed by atoms with van der Waals surface area (Å²) in [6, 6.07) is 9.29. The van der Waals surface area contributed by atoms with Crippen LogP contribution in [0.5, 0.6) is 0 Å². The van der Waals surface area contributed by atoms with Gasteiger partial charge in [0, 0.05) is 26.2 Å². The van der Waals surface area contributed by atoms with Crippen LogP contribution < -0.4 is 16.0 Å². The molecule has 3 saturated heterocycles. The van der Waals surface area contributed by atoms with Gasteiger partial charge >= 0.3 is 0 Å². The van der Waals surface area contributed by atoms with Crippen LogP contribution in [0.3, 0.4) is 0 Å². The van der Waals surface area contributed by atoms with E-state index in [0.29, 0.717) is 6.54 Å². The average molecular weight is 443 g/mol. The number of amidine groups is 1. The first-order valence-corrected chi connectivity index (χ1v) is 12.2. The van der Waals surface area contributed by atoms with Crippen molar-refractivity contribution in [1.82, 2.24) is 25.8 Å². The molecule has 4 aliphatic rings. The topological polar surface area (TPSA) is 89.1 Å². The molecule has 31 heavy (non-hydrogen) atoms. The maximum atomic E-state index is 12.9. The van der Waals surface area contributed by atoms with Crippen molar-refractivity contribution in [3.63, 3.8) is 0 Å². The van der Waals surface area contributed by atoms with Crippen molar-refractivity contribution in [1.29, 1.82) is 0 Å². The molecular formula is C22H30N6O2S. The Balaban J connectivity index is 1.21. The number of piperidine rings is 1. The lowest BCUT2D eigenvalue weighted by molar-refractivity contribution is -0.127. The summed E-state index contributed by atoms with van der Waals surface area (Å²) in [6.07, 6.45) is 5.24. The third kappa shape index (κ3) is 4.44. The molecule has 0 saturated carbocycles. The van der Waals surface area contributed by atoms with E-state index in [1.165, 1.54) is 19.3 Å². The number of benzene rings is 1. The quantitative estimate of drug-likeness (QED) is 0.646. The highest BCUT2D eigenvalue weighted by atomic mass is 32.2. The van der Waals surface area contributed by atoms with Crippen molar-refractivity contribution >= 4 is 28.7 Å². The van der Waals surface area contributed by atoms with E-state index in [1.807, 2.05) is 30.3 Å². The molecule has 3 unspecified atom stereocenters. The molecular weight excluding hydrogens is 412 g/mol. The van der Waals surface area contributed by atoms with Gasteiger partial charge in [-0.15, -0.1) is 0 Å². The minimum absolute atomic E-state index is 0.0221. The van der Waals surface area contributed by atoms with Crippen molar-refractivity contribution in [3.8, 4) is 0 Å². The van der Waals surface area contributed by atoms with Crippen molar-refractivity contribution in [2.45, 2.75) is 62.4 Å². The number of hydrogen-bond acceptors (Lipinski definition) is 7. The smallest absolute Gasteiger partial charge is 0.249 e. The number of aliphatic imine (C=N–C) groups is 1. The zero-order valence-corrected chi connectivity index (χ0v) is 18.4. The Morgan fingerprint density at radius 3 is 2.74 bits per heavy atom. The molecule has 5 rings (SSSR count). The molecule has 9 heteroatoms. The van der Waals surface area contributed by atoms with Gasteiger partial charge in [0.2, 0.25) is 11.8 Å². The van der Waals surface area contributed by atoms with Crippen LogP contribution in [0.25, 0.3) is 0 Å². The number of likely N-dealkylation sites (tertiary alicyclic amines) is 2. The van der Waals surface area contributed by atoms with Gasteiger partial charge in [0.05, 0.1) is 5.37 Å². The molecule has 4 atom stereocenters. The first kappa shape index (κ1) is 20.8. The number of fused-ring (bicyclic) bond motifs is 1. The first-order valence-electron chi connectivity index (χ1n) is 11.3. The van der Waals surface area contributed by atoms with Crippen LogP contribution in [0.4, 0.5) is 0 Å². The van der Waals surface area contributed by atoms with Gasteiger partial charge in [-0.2, -0.15) is 0 Å². The monoisotopic (exact) mass is 442 g/mol. The molecule has 0 bridgehead atoms. The van der Waals surface area contributed by atoms with Crippen LogP contribution in [-0.2, 0) is 16.1 Å². The van der Waals surface area contributed by atoms with Crippen LogP contribution >= 0.6 is 11.8 Å². The Kier molecular flexibility index (Phi) is 6.15. The van der Waals surface area contributed by atoms with E-state index in [-0.39, 0.29) is 29.5 Å². The predicted octanol–water partition coefficient (Wildman–Crippen LogP) is 1.05. The zero-order valence-electron chi connectivity index (χ0n) is 17.6. The van der Waals surface area contributed by atoms with Gasteiger partial charge in [-0.1, -0.05) is 48.5 Å². The molecule has 166 valence electrons. The molecule has 4 heterocycles. The van der Waals surface area contributed by atoms with Crippen molar-refractivity contribution in [3.05, 3.63) is 35.9 Å². The molecule has 1 aromatic rings. The summed E-state index contributed by atoms with van der Waals surface area (Å²) in [5.74, 6) is 0.00854. The van der Waals surface area contributed by atoms with E-state index in [2.05, 4.69) is 25.8 Å². The molecule has 0 radical (unpaired) electrons. The van der Waals surface area contributed by atoms with Gasteiger partial charge < -0.3 is 15.5 Å². The zero-order chi connectivity index (χ0) is 21.2. The minimum Gasteiger partial charge on any atom is -0.350 e. The highest BCUT2D eigenvalue weighted by Gasteiger charge is 2.46. The van der Waals surface area contributed by atoms with Crippen molar-refractivity contribution in [2.75, 3.05) is 19.6 Å². The molecule has 3 fully saturated rings. The summed E-state index contributed by atoms with van der Waals surface area (Å²) in [6.45, 7) is 3.33. The second-order valence-corrected chi connectivity index (χ2v) is 9.73. The molecule has 3 N–H and O–H groups in total. The molecule has 0 spiro atoms. The molecule has 2 amide bonds. The number of hydrogen-bond donors (Lipinski definition) is 3. The average Bonchev–Trinajstić information content (AvgIpc) is 3.46. The maximum Gasteiger partial charge on any atom is 0.249 e. The Morgan fingerprint density at radius 1 is 1.13 bits per heavy atom. The SMILES string of the molecule is O=C1NC(N2CCCCC2)NC2SC(N3CCC[C@@H]3C(=O)NCc3ccccc3)=NC12. The number of thioether (sulfide) groups is 1. The molecule has 0 aliphatic carbocycles. The summed E-state index contributed by atoms with van der Waals surface area (Å²) in [5.41, 5.74) is 1.09. The van der Waals surface area contributed by atoms with E-state index in [1.54, 1.807) is 11.8 Å². The fraction of sp³-hybridized carbons (Fsp3) is 0.591. The number of amides is 2. The summed E-state index contributed by atoms with van der Waals surface area (Å²) in [7, 11) is 0. The summed E-state index contributed by atoms with van der Waals surface area (Å²) in [4.78, 5) is 34.8. The third-order valence-electron chi connectivity index (χ3n) is 6.50. The van der Waals surface area contributed by atoms with E-state index in [9.17, 15) is 9.59 Å². The van der Waals surface area contributed by atoms with Gasteiger partial charge in [-0.25, -0.2) is 4.99 Å². The number of carbonyl (C=O) groups excluding carboxylic acids is 2. The summed E-state index contributed by atoms with van der Waals surface area (Å²) < 4.78 is 0. The predicted molar refractivity (Wildman–Crippen MR) is 121 cm³/mol. The lowest BCUT2D eigenvalue weighted by atomic mass is 10.1. The van der Waals surface area contributed by atoms with Gasteiger partial charge in [0.1, 0.15) is 12.3 Å². The number of carbonyl (C=O) groups is 2. The van der Waals surface area contributed by atoms with E-state index >= 15 is 0 Å². The van der Waals surface area contributed by atoms with E-state index < -0.39 is 6.04 Å². The lowest BCUT2D eigenvalue weighted by Gasteiger charge is -2.40. The lowest BCUT2D eigenvalue weighted by Crippen LogP contribution is -2.67. The first-order chi connectivity index (χ1) is 15.2. The van der Waals surface area contributed by atoms with Crippen LogP contribution in [-0.4, -0.2) is 70.2 Å². The normalized spacial score (nSPS) is 31.2. The Labute approximate surface area is 187 Å². The van der Waals surface area contributed by atoms with Crippen LogP contribution in [0.2, 0.25) is 0 Å². The molecule has 1 aromatic carbocycles. The fourth-order valence-electron chi connectivity index (χ4n) is 4.82. The van der Waals surface area contributed by atoms with Crippen LogP contribution in [0.1, 0.15) is 37.7 Å². The van der Waals surface area contributed by atoms with Crippen LogP contribution in [0, 0.1) is 0 Å². The van der Waals surface area contributed by atoms with Gasteiger partial charge in [0.15, 0.2) is 11.2 Å². The van der Waals surface area contributed by atoms with Crippen molar-refractivity contribution < 1.29 is 9.59 Å². The highest BCUT2D eigenvalue weighted by Crippen LogP contribution is 2.33. The van der Waals surface area contributed by atoms with E-state index in [4.69, 9.17) is 4.99 Å². The number of nitrogens with one attached hydrogen (secondary N) is 3. The van der Waals surface area contributed by atoms with Gasteiger partial charge in [-0.3, -0.25) is 19.8 Å². The second-order valence-electron chi connectivity index (χ2n) is 8.62. The highest BCUT2D eigenvalue weighted by molar-refractivity contribution is 8.14. The Bertz CT molecular complexity index is 844. The van der Waals surface area contributed by atoms with Gasteiger partial charge in [-0.05, 0) is 31.2 Å². The number of rotatable bonds is 4.